The van der Waals surface area contributed by atoms with Gasteiger partial charge in [-0.25, -0.2) is 4.79 Å². The quantitative estimate of drug-likeness (QED) is 0.646. The van der Waals surface area contributed by atoms with E-state index in [2.05, 4.69) is 10.6 Å². The van der Waals surface area contributed by atoms with Crippen molar-refractivity contribution in [3.63, 3.8) is 0 Å². The highest BCUT2D eigenvalue weighted by Crippen LogP contribution is 2.28. The molecule has 0 aromatic heterocycles. The Morgan fingerprint density at radius 2 is 1.86 bits per heavy atom. The van der Waals surface area contributed by atoms with Gasteiger partial charge in [0, 0.05) is 19.5 Å². The average molecular weight is 403 g/mol. The largest absolute Gasteiger partial charge is 0.455 e. The third-order valence-electron chi connectivity index (χ3n) is 4.85. The third kappa shape index (κ3) is 6.89. The second kappa shape index (κ2) is 10.6. The summed E-state index contributed by atoms with van der Waals surface area (Å²) in [6.45, 7) is 6.10. The van der Waals surface area contributed by atoms with Gasteiger partial charge in [0.2, 0.25) is 5.91 Å². The summed E-state index contributed by atoms with van der Waals surface area (Å²) in [4.78, 5) is 49.6. The summed E-state index contributed by atoms with van der Waals surface area (Å²) < 4.78 is 5.00. The van der Waals surface area contributed by atoms with Crippen LogP contribution in [0.4, 0.5) is 4.79 Å². The molecule has 2 N–H and O–H groups in total. The zero-order chi connectivity index (χ0) is 21.4. The van der Waals surface area contributed by atoms with Crippen LogP contribution in [0.15, 0.2) is 30.3 Å². The number of likely N-dealkylation sites (tertiary alicyclic amines) is 1. The molecule has 0 aliphatic carbocycles. The van der Waals surface area contributed by atoms with Crippen LogP contribution in [0.1, 0.15) is 45.2 Å². The SMILES string of the molecule is CC(C)CCNC(=O)NC(=O)COC(=O)[C@H]1CC(=O)N([C@@H](C)c2ccccc2)C1. The van der Waals surface area contributed by atoms with Crippen molar-refractivity contribution >= 4 is 23.8 Å². The molecule has 0 unspecified atom stereocenters. The zero-order valence-corrected chi connectivity index (χ0v) is 17.1. The third-order valence-corrected chi connectivity index (χ3v) is 4.85. The number of hydrogen-bond donors (Lipinski definition) is 2. The number of imide groups is 1. The Kier molecular flexibility index (Phi) is 8.18. The molecule has 0 saturated carbocycles. The van der Waals surface area contributed by atoms with E-state index in [0.29, 0.717) is 12.5 Å². The van der Waals surface area contributed by atoms with Crippen molar-refractivity contribution < 1.29 is 23.9 Å². The lowest BCUT2D eigenvalue weighted by Crippen LogP contribution is -2.42. The summed E-state index contributed by atoms with van der Waals surface area (Å²) in [6.07, 6.45) is 0.845. The van der Waals surface area contributed by atoms with Gasteiger partial charge in [0.1, 0.15) is 0 Å². The van der Waals surface area contributed by atoms with Crippen LogP contribution >= 0.6 is 0 Å². The van der Waals surface area contributed by atoms with Crippen LogP contribution in [-0.2, 0) is 19.1 Å². The standard InChI is InChI=1S/C21H29N3O5/c1-14(2)9-10-22-21(28)23-18(25)13-29-20(27)17-11-19(26)24(12-17)15(3)16-7-5-4-6-8-16/h4-8,14-15,17H,9-13H2,1-3H3,(H2,22,23,25,28)/t15-,17-/m0/s1. The first kappa shape index (κ1) is 22.4. The molecule has 2 rings (SSSR count). The molecule has 1 aromatic carbocycles. The van der Waals surface area contributed by atoms with Crippen LogP contribution in [0.25, 0.3) is 0 Å². The lowest BCUT2D eigenvalue weighted by molar-refractivity contribution is -0.152. The summed E-state index contributed by atoms with van der Waals surface area (Å²) in [5.41, 5.74) is 0.984. The molecule has 1 heterocycles. The molecule has 0 radical (unpaired) electrons. The lowest BCUT2D eigenvalue weighted by Gasteiger charge is -2.25. The van der Waals surface area contributed by atoms with Crippen LogP contribution < -0.4 is 10.6 Å². The zero-order valence-electron chi connectivity index (χ0n) is 17.1. The van der Waals surface area contributed by atoms with E-state index >= 15 is 0 Å². The van der Waals surface area contributed by atoms with Gasteiger partial charge in [-0.05, 0) is 24.8 Å². The summed E-state index contributed by atoms with van der Waals surface area (Å²) in [5, 5.41) is 4.68. The van der Waals surface area contributed by atoms with Crippen molar-refractivity contribution in [2.75, 3.05) is 19.7 Å². The Bertz CT molecular complexity index is 735. The highest BCUT2D eigenvalue weighted by molar-refractivity contribution is 5.96. The van der Waals surface area contributed by atoms with E-state index in [-0.39, 0.29) is 24.9 Å². The van der Waals surface area contributed by atoms with Crippen molar-refractivity contribution in [1.29, 1.82) is 0 Å². The number of carbonyl (C=O) groups is 4. The van der Waals surface area contributed by atoms with Gasteiger partial charge in [-0.1, -0.05) is 44.2 Å². The summed E-state index contributed by atoms with van der Waals surface area (Å²) >= 11 is 0. The smallest absolute Gasteiger partial charge is 0.321 e. The van der Waals surface area contributed by atoms with Crippen molar-refractivity contribution in [2.45, 2.75) is 39.7 Å². The van der Waals surface area contributed by atoms with E-state index in [1.165, 1.54) is 0 Å². The van der Waals surface area contributed by atoms with Gasteiger partial charge >= 0.3 is 12.0 Å². The van der Waals surface area contributed by atoms with Gasteiger partial charge in [-0.3, -0.25) is 19.7 Å². The predicted molar refractivity (Wildman–Crippen MR) is 107 cm³/mol. The second-order valence-corrected chi connectivity index (χ2v) is 7.63. The number of rotatable bonds is 8. The Balaban J connectivity index is 1.76. The minimum atomic E-state index is -0.709. The van der Waals surface area contributed by atoms with Crippen LogP contribution in [0.2, 0.25) is 0 Å². The molecule has 1 aliphatic rings. The molecule has 29 heavy (non-hydrogen) atoms. The fourth-order valence-corrected chi connectivity index (χ4v) is 3.11. The highest BCUT2D eigenvalue weighted by Gasteiger charge is 2.38. The highest BCUT2D eigenvalue weighted by atomic mass is 16.5. The molecular weight excluding hydrogens is 374 g/mol. The molecule has 0 spiro atoms. The van der Waals surface area contributed by atoms with Crippen molar-refractivity contribution in [1.82, 2.24) is 15.5 Å². The van der Waals surface area contributed by atoms with Crippen LogP contribution in [0, 0.1) is 11.8 Å². The number of urea groups is 1. The normalized spacial score (nSPS) is 17.2. The molecule has 1 saturated heterocycles. The fraction of sp³-hybridized carbons (Fsp3) is 0.524. The maximum Gasteiger partial charge on any atom is 0.321 e. The number of carbonyl (C=O) groups excluding carboxylic acids is 4. The van der Waals surface area contributed by atoms with E-state index in [1.54, 1.807) is 4.90 Å². The molecular formula is C21H29N3O5. The Morgan fingerprint density at radius 1 is 1.17 bits per heavy atom. The fourth-order valence-electron chi connectivity index (χ4n) is 3.11. The molecule has 4 amide bonds. The molecule has 1 aliphatic heterocycles. The van der Waals surface area contributed by atoms with E-state index in [0.717, 1.165) is 12.0 Å². The maximum atomic E-state index is 12.3. The van der Waals surface area contributed by atoms with E-state index in [4.69, 9.17) is 4.74 Å². The van der Waals surface area contributed by atoms with Crippen LogP contribution in [0.3, 0.4) is 0 Å². The van der Waals surface area contributed by atoms with E-state index in [1.807, 2.05) is 51.1 Å². The Hall–Kier alpha value is -2.90. The number of benzene rings is 1. The monoisotopic (exact) mass is 403 g/mol. The lowest BCUT2D eigenvalue weighted by atomic mass is 10.1. The van der Waals surface area contributed by atoms with Crippen molar-refractivity contribution in [3.8, 4) is 0 Å². The minimum absolute atomic E-state index is 0.0489. The first-order chi connectivity index (χ1) is 13.8. The summed E-state index contributed by atoms with van der Waals surface area (Å²) in [7, 11) is 0. The van der Waals surface area contributed by atoms with Gasteiger partial charge in [-0.15, -0.1) is 0 Å². The molecule has 8 heteroatoms. The van der Waals surface area contributed by atoms with Gasteiger partial charge in [0.05, 0.1) is 12.0 Å². The molecule has 8 nitrogen and oxygen atoms in total. The first-order valence-electron chi connectivity index (χ1n) is 9.86. The number of nitrogens with zero attached hydrogens (tertiary/aromatic N) is 1. The average Bonchev–Trinajstić information content (AvgIpc) is 3.07. The summed E-state index contributed by atoms with van der Waals surface area (Å²) in [5.74, 6) is -1.64. The Labute approximate surface area is 171 Å². The van der Waals surface area contributed by atoms with Crippen molar-refractivity contribution in [3.05, 3.63) is 35.9 Å². The molecule has 1 fully saturated rings. The van der Waals surface area contributed by atoms with Crippen LogP contribution in [-0.4, -0.2) is 48.4 Å². The number of esters is 1. The molecule has 2 atom stereocenters. The number of nitrogens with one attached hydrogen (secondary N) is 2. The predicted octanol–water partition coefficient (Wildman–Crippen LogP) is 2.01. The van der Waals surface area contributed by atoms with Crippen LogP contribution in [0.5, 0.6) is 0 Å². The minimum Gasteiger partial charge on any atom is -0.455 e. The molecule has 158 valence electrons. The van der Waals surface area contributed by atoms with Gasteiger partial charge in [0.15, 0.2) is 6.61 Å². The molecule has 1 aromatic rings. The first-order valence-corrected chi connectivity index (χ1v) is 9.86. The Morgan fingerprint density at radius 3 is 2.52 bits per heavy atom. The number of hydrogen-bond acceptors (Lipinski definition) is 5. The molecule has 0 bridgehead atoms. The summed E-state index contributed by atoms with van der Waals surface area (Å²) in [6, 6.07) is 8.79. The number of ether oxygens (including phenoxy) is 1. The number of amides is 4. The van der Waals surface area contributed by atoms with Crippen molar-refractivity contribution in [2.24, 2.45) is 11.8 Å². The van der Waals surface area contributed by atoms with Gasteiger partial charge in [-0.2, -0.15) is 0 Å². The maximum absolute atomic E-state index is 12.3. The second-order valence-electron chi connectivity index (χ2n) is 7.63. The van der Waals surface area contributed by atoms with E-state index in [9.17, 15) is 19.2 Å². The van der Waals surface area contributed by atoms with Gasteiger partial charge in [0.25, 0.3) is 5.91 Å². The van der Waals surface area contributed by atoms with Gasteiger partial charge < -0.3 is 15.0 Å². The van der Waals surface area contributed by atoms with E-state index < -0.39 is 30.4 Å². The topological polar surface area (TPSA) is 105 Å².